The molecule has 3 aromatic rings. The molecule has 25 heavy (non-hydrogen) atoms. The average molecular weight is 352 g/mol. The summed E-state index contributed by atoms with van der Waals surface area (Å²) in [5, 5.41) is 11.0. The standard InChI is InChI=1S/C19H14ClN3O2/c20-13-6-4-11(5-7-13)16-14-15(19(25)22-16)17(23-18(14)24)12-3-1-2-10(8-12)9-21/h1-8,23-24H,9,21H2. The summed E-state index contributed by atoms with van der Waals surface area (Å²) < 4.78 is 0. The molecule has 0 fully saturated rings. The Morgan fingerprint density at radius 2 is 1.84 bits per heavy atom. The Labute approximate surface area is 148 Å². The molecule has 0 saturated carbocycles. The lowest BCUT2D eigenvalue weighted by molar-refractivity contribution is 0.101. The van der Waals surface area contributed by atoms with Crippen molar-refractivity contribution in [2.24, 2.45) is 10.7 Å². The Bertz CT molecular complexity index is 1020. The van der Waals surface area contributed by atoms with Crippen molar-refractivity contribution in [1.82, 2.24) is 4.98 Å². The molecule has 2 aromatic carbocycles. The van der Waals surface area contributed by atoms with Crippen LogP contribution in [0.5, 0.6) is 5.88 Å². The zero-order valence-corrected chi connectivity index (χ0v) is 13.8. The van der Waals surface area contributed by atoms with Gasteiger partial charge in [0.25, 0.3) is 5.91 Å². The van der Waals surface area contributed by atoms with Gasteiger partial charge in [-0.25, -0.2) is 4.99 Å². The highest BCUT2D eigenvalue weighted by Gasteiger charge is 2.33. The quantitative estimate of drug-likeness (QED) is 0.674. The number of aliphatic imine (C=N–C) groups is 1. The topological polar surface area (TPSA) is 91.5 Å². The number of aromatic nitrogens is 1. The molecule has 6 heteroatoms. The van der Waals surface area contributed by atoms with Gasteiger partial charge < -0.3 is 15.8 Å². The Balaban J connectivity index is 1.87. The average Bonchev–Trinajstić information content (AvgIpc) is 3.15. The van der Waals surface area contributed by atoms with Gasteiger partial charge in [-0.2, -0.15) is 0 Å². The zero-order chi connectivity index (χ0) is 17.6. The zero-order valence-electron chi connectivity index (χ0n) is 13.1. The second-order valence-corrected chi connectivity index (χ2v) is 6.21. The third-order valence-corrected chi connectivity index (χ3v) is 4.47. The lowest BCUT2D eigenvalue weighted by atomic mass is 9.99. The van der Waals surface area contributed by atoms with E-state index >= 15 is 0 Å². The number of nitrogens with zero attached hydrogens (tertiary/aromatic N) is 1. The van der Waals surface area contributed by atoms with Crippen LogP contribution in [0.15, 0.2) is 53.5 Å². The van der Waals surface area contributed by atoms with E-state index in [1.165, 1.54) is 0 Å². The van der Waals surface area contributed by atoms with E-state index in [0.29, 0.717) is 39.7 Å². The molecule has 0 bridgehead atoms. The summed E-state index contributed by atoms with van der Waals surface area (Å²) in [6.45, 7) is 0.392. The molecule has 0 radical (unpaired) electrons. The van der Waals surface area contributed by atoms with Crippen molar-refractivity contribution in [2.45, 2.75) is 6.54 Å². The monoisotopic (exact) mass is 351 g/mol. The van der Waals surface area contributed by atoms with Crippen LogP contribution in [0.4, 0.5) is 0 Å². The number of benzene rings is 2. The smallest absolute Gasteiger partial charge is 0.280 e. The highest BCUT2D eigenvalue weighted by atomic mass is 35.5. The van der Waals surface area contributed by atoms with Gasteiger partial charge in [0.15, 0.2) is 5.88 Å². The van der Waals surface area contributed by atoms with Gasteiger partial charge in [0, 0.05) is 17.1 Å². The summed E-state index contributed by atoms with van der Waals surface area (Å²) in [6, 6.07) is 14.5. The van der Waals surface area contributed by atoms with Crippen LogP contribution in [0.25, 0.3) is 11.3 Å². The first-order valence-corrected chi connectivity index (χ1v) is 8.10. The number of carbonyl (C=O) groups is 1. The van der Waals surface area contributed by atoms with Crippen molar-refractivity contribution in [1.29, 1.82) is 0 Å². The Morgan fingerprint density at radius 3 is 2.56 bits per heavy atom. The third-order valence-electron chi connectivity index (χ3n) is 4.21. The number of amides is 1. The van der Waals surface area contributed by atoms with Crippen molar-refractivity contribution in [3.63, 3.8) is 0 Å². The van der Waals surface area contributed by atoms with Crippen LogP contribution in [0.1, 0.15) is 27.0 Å². The van der Waals surface area contributed by atoms with E-state index in [4.69, 9.17) is 17.3 Å². The molecule has 1 aliphatic heterocycles. The SMILES string of the molecule is NCc1cccc(-c2[nH]c(O)c3c2C(=O)N=C3c2ccc(Cl)cc2)c1. The van der Waals surface area contributed by atoms with Gasteiger partial charge in [-0.3, -0.25) is 4.79 Å². The molecule has 4 rings (SSSR count). The molecule has 0 aliphatic carbocycles. The maximum absolute atomic E-state index is 12.5. The van der Waals surface area contributed by atoms with Crippen molar-refractivity contribution in [2.75, 3.05) is 0 Å². The summed E-state index contributed by atoms with van der Waals surface area (Å²) in [6.07, 6.45) is 0. The number of aromatic hydroxyl groups is 1. The van der Waals surface area contributed by atoms with E-state index in [2.05, 4.69) is 9.98 Å². The maximum Gasteiger partial charge on any atom is 0.280 e. The van der Waals surface area contributed by atoms with Crippen molar-refractivity contribution in [3.8, 4) is 17.1 Å². The lowest BCUT2D eigenvalue weighted by Gasteiger charge is -2.03. The number of nitrogens with two attached hydrogens (primary N) is 1. The number of H-pyrrole nitrogens is 1. The molecule has 4 N–H and O–H groups in total. The van der Waals surface area contributed by atoms with E-state index in [9.17, 15) is 9.90 Å². The first-order chi connectivity index (χ1) is 12.1. The minimum Gasteiger partial charge on any atom is -0.494 e. The molecular weight excluding hydrogens is 338 g/mol. The minimum absolute atomic E-state index is 0.0808. The molecule has 124 valence electrons. The van der Waals surface area contributed by atoms with Crippen LogP contribution in [0, 0.1) is 0 Å². The molecule has 5 nitrogen and oxygen atoms in total. The highest BCUT2D eigenvalue weighted by Crippen LogP contribution is 2.38. The highest BCUT2D eigenvalue weighted by molar-refractivity contribution is 6.32. The predicted molar refractivity (Wildman–Crippen MR) is 97.2 cm³/mol. The van der Waals surface area contributed by atoms with E-state index in [1.54, 1.807) is 24.3 Å². The van der Waals surface area contributed by atoms with Gasteiger partial charge in [0.1, 0.15) is 0 Å². The molecule has 0 unspecified atom stereocenters. The summed E-state index contributed by atoms with van der Waals surface area (Å²) >= 11 is 5.92. The number of fused-ring (bicyclic) bond motifs is 1. The molecular formula is C19H14ClN3O2. The second kappa shape index (κ2) is 5.88. The fraction of sp³-hybridized carbons (Fsp3) is 0.0526. The van der Waals surface area contributed by atoms with E-state index in [-0.39, 0.29) is 11.8 Å². The summed E-state index contributed by atoms with van der Waals surface area (Å²) in [4.78, 5) is 19.6. The van der Waals surface area contributed by atoms with Gasteiger partial charge in [-0.15, -0.1) is 0 Å². The van der Waals surface area contributed by atoms with E-state index in [0.717, 1.165) is 11.1 Å². The van der Waals surface area contributed by atoms with Gasteiger partial charge in [-0.1, -0.05) is 41.9 Å². The van der Waals surface area contributed by atoms with Crippen molar-refractivity contribution in [3.05, 3.63) is 75.8 Å². The number of hydrogen-bond acceptors (Lipinski definition) is 3. The van der Waals surface area contributed by atoms with Gasteiger partial charge in [-0.05, 0) is 29.3 Å². The first-order valence-electron chi connectivity index (χ1n) is 7.72. The van der Waals surface area contributed by atoms with Gasteiger partial charge >= 0.3 is 0 Å². The molecule has 0 saturated heterocycles. The number of nitrogens with one attached hydrogen (secondary N) is 1. The van der Waals surface area contributed by atoms with Crippen molar-refractivity contribution >= 4 is 23.2 Å². The minimum atomic E-state index is -0.385. The molecule has 1 aromatic heterocycles. The molecule has 1 aliphatic rings. The number of hydrogen-bond donors (Lipinski definition) is 3. The Kier molecular flexibility index (Phi) is 3.67. The van der Waals surface area contributed by atoms with Crippen LogP contribution in [-0.2, 0) is 6.54 Å². The van der Waals surface area contributed by atoms with Gasteiger partial charge in [0.05, 0.1) is 22.5 Å². The predicted octanol–water partition coefficient (Wildman–Crippen LogP) is 3.49. The maximum atomic E-state index is 12.5. The summed E-state index contributed by atoms with van der Waals surface area (Å²) in [5.74, 6) is -0.465. The van der Waals surface area contributed by atoms with Crippen LogP contribution in [0.2, 0.25) is 5.02 Å². The van der Waals surface area contributed by atoms with E-state index < -0.39 is 0 Å². The molecule has 1 amide bonds. The number of carbonyl (C=O) groups excluding carboxylic acids is 1. The fourth-order valence-electron chi connectivity index (χ4n) is 3.03. The Morgan fingerprint density at radius 1 is 1.08 bits per heavy atom. The van der Waals surface area contributed by atoms with Crippen LogP contribution >= 0.6 is 11.6 Å². The third kappa shape index (κ3) is 2.54. The number of rotatable bonds is 3. The summed E-state index contributed by atoms with van der Waals surface area (Å²) in [5.41, 5.74) is 9.89. The second-order valence-electron chi connectivity index (χ2n) is 5.78. The molecule has 2 heterocycles. The molecule has 0 spiro atoms. The first kappa shape index (κ1) is 15.6. The number of aromatic amines is 1. The largest absolute Gasteiger partial charge is 0.494 e. The molecule has 0 atom stereocenters. The normalized spacial score (nSPS) is 13.0. The van der Waals surface area contributed by atoms with E-state index in [1.807, 2.05) is 24.3 Å². The van der Waals surface area contributed by atoms with Crippen LogP contribution in [0.3, 0.4) is 0 Å². The summed E-state index contributed by atoms with van der Waals surface area (Å²) in [7, 11) is 0. The number of halogens is 1. The van der Waals surface area contributed by atoms with Crippen molar-refractivity contribution < 1.29 is 9.90 Å². The van der Waals surface area contributed by atoms with Crippen LogP contribution in [-0.4, -0.2) is 21.7 Å². The fourth-order valence-corrected chi connectivity index (χ4v) is 3.16. The van der Waals surface area contributed by atoms with Crippen LogP contribution < -0.4 is 5.73 Å². The van der Waals surface area contributed by atoms with Gasteiger partial charge in [0.2, 0.25) is 0 Å². The Hall–Kier alpha value is -2.89. The lowest BCUT2D eigenvalue weighted by Crippen LogP contribution is -1.99.